The first-order chi connectivity index (χ1) is 4.83. The maximum absolute atomic E-state index is 9.37. The first kappa shape index (κ1) is 17.0. The molecule has 0 heterocycles. The third kappa shape index (κ3) is 22.9. The molecule has 0 atom stereocenters. The molecule has 0 aliphatic carbocycles. The Morgan fingerprint density at radius 3 is 1.40 bits per heavy atom. The van der Waals surface area contributed by atoms with E-state index >= 15 is 0 Å². The topological polar surface area (TPSA) is 86.7 Å². The molecule has 0 aromatic carbocycles. The standard InChI is InChI=1S/2Nd.6O.2Pr. The molecular formula is Nd2O6Pr2. The zero-order valence-electron chi connectivity index (χ0n) is 4.60. The van der Waals surface area contributed by atoms with Gasteiger partial charge in [0.1, 0.15) is 0 Å². The van der Waals surface area contributed by atoms with Crippen LogP contribution in [0.4, 0.5) is 0 Å². The van der Waals surface area contributed by atoms with E-state index in [4.69, 9.17) is 0 Å². The van der Waals surface area contributed by atoms with Crippen LogP contribution in [0.25, 0.3) is 0 Å². The summed E-state index contributed by atoms with van der Waals surface area (Å²) in [5.74, 6) is 0. The van der Waals surface area contributed by atoms with Gasteiger partial charge in [0.2, 0.25) is 0 Å². The van der Waals surface area contributed by atoms with E-state index in [1.54, 1.807) is 0 Å². The van der Waals surface area contributed by atoms with E-state index in [1.165, 1.54) is 0 Å². The van der Waals surface area contributed by atoms with Crippen LogP contribution in [-0.4, -0.2) is 0 Å². The molecule has 0 saturated carbocycles. The molecule has 0 radical (unpaired) electrons. The minimum atomic E-state index is -2.02. The molecule has 0 bridgehead atoms. The van der Waals surface area contributed by atoms with Crippen molar-refractivity contribution in [3.63, 3.8) is 0 Å². The van der Waals surface area contributed by atoms with Crippen LogP contribution in [0.3, 0.4) is 0 Å². The molecule has 0 saturated heterocycles. The molecule has 0 aromatic rings. The van der Waals surface area contributed by atoms with Crippen molar-refractivity contribution in [2.75, 3.05) is 0 Å². The van der Waals surface area contributed by atoms with Gasteiger partial charge in [-0.15, -0.1) is 0 Å². The van der Waals surface area contributed by atoms with E-state index in [-0.39, 0.29) is 0 Å². The Bertz CT molecular complexity index is 86.3. The summed E-state index contributed by atoms with van der Waals surface area (Å²) in [6.45, 7) is 0. The van der Waals surface area contributed by atoms with Crippen molar-refractivity contribution in [2.24, 2.45) is 0 Å². The first-order valence-corrected chi connectivity index (χ1v) is 13.0. The second-order valence-corrected chi connectivity index (χ2v) is 15.8. The van der Waals surface area contributed by atoms with Crippen molar-refractivity contribution in [1.29, 1.82) is 0 Å². The van der Waals surface area contributed by atoms with E-state index in [1.807, 2.05) is 0 Å². The maximum atomic E-state index is 9.37. The Labute approximate surface area is 143 Å². The van der Waals surface area contributed by atoms with Gasteiger partial charge in [0.25, 0.3) is 0 Å². The Hall–Kier alpha value is 4.55. The normalized spacial score (nSPS) is 4.80. The van der Waals surface area contributed by atoms with E-state index < -0.39 is 151 Å². The zero-order valence-corrected chi connectivity index (χ0v) is 18.4. The summed E-state index contributed by atoms with van der Waals surface area (Å²) in [6.07, 6.45) is 0. The van der Waals surface area contributed by atoms with Crippen molar-refractivity contribution in [3.05, 3.63) is 0 Å². The molecule has 0 fully saturated rings. The molecule has 50 valence electrons. The summed E-state index contributed by atoms with van der Waals surface area (Å²) in [5, 5.41) is 0. The van der Waals surface area contributed by atoms with Crippen molar-refractivity contribution in [3.8, 4) is 0 Å². The van der Waals surface area contributed by atoms with Gasteiger partial charge in [0.15, 0.2) is 0 Å². The van der Waals surface area contributed by atoms with Gasteiger partial charge >= 0.3 is 149 Å². The molecule has 10 heteroatoms. The Balaban J connectivity index is 0. The minimum absolute atomic E-state index is 1.93. The molecular weight excluding hydrogens is 666 g/mol. The third-order valence-corrected chi connectivity index (χ3v) is 10.7. The second-order valence-electron chi connectivity index (χ2n) is 0.597. The fourth-order valence-electron chi connectivity index (χ4n) is 0.0397. The molecule has 0 amide bonds. The summed E-state index contributed by atoms with van der Waals surface area (Å²) < 4.78 is 45.7. The van der Waals surface area contributed by atoms with Gasteiger partial charge in [0.05, 0.1) is 0 Å². The van der Waals surface area contributed by atoms with Gasteiger partial charge in [-0.05, 0) is 0 Å². The van der Waals surface area contributed by atoms with Crippen LogP contribution in [0.2, 0.25) is 0 Å². The quantitative estimate of drug-likeness (QED) is 0.399. The van der Waals surface area contributed by atoms with Crippen molar-refractivity contribution in [1.82, 2.24) is 0 Å². The SMILES string of the molecule is [O]=[Nd][O][Nd]=[O].[O]=[Pr][O][Pr]=[O]. The van der Waals surface area contributed by atoms with Crippen molar-refractivity contribution < 1.29 is 149 Å². The molecule has 0 spiro atoms. The molecule has 0 unspecified atom stereocenters. The van der Waals surface area contributed by atoms with Gasteiger partial charge < -0.3 is 0 Å². The van der Waals surface area contributed by atoms with Gasteiger partial charge in [-0.3, -0.25) is 0 Å². The summed E-state index contributed by atoms with van der Waals surface area (Å²) in [4.78, 5) is 0. The number of hydrogen-bond acceptors (Lipinski definition) is 6. The predicted octanol–water partition coefficient (Wildman–Crippen LogP) is -0.612. The van der Waals surface area contributed by atoms with Crippen LogP contribution in [0.1, 0.15) is 0 Å². The van der Waals surface area contributed by atoms with E-state index in [0.29, 0.717) is 0 Å². The Kier molecular flexibility index (Phi) is 32.5. The Morgan fingerprint density at radius 1 is 1.00 bits per heavy atom. The van der Waals surface area contributed by atoms with Crippen LogP contribution in [0.5, 0.6) is 0 Å². The van der Waals surface area contributed by atoms with Crippen LogP contribution in [0, 0.1) is 151 Å². The van der Waals surface area contributed by atoms with Crippen LogP contribution >= 0.6 is 0 Å². The van der Waals surface area contributed by atoms with Crippen molar-refractivity contribution >= 4 is 0 Å². The fraction of sp³-hybridized carbons (Fsp3) is 0. The third-order valence-electron chi connectivity index (χ3n) is 0.194. The van der Waals surface area contributed by atoms with Gasteiger partial charge in [0, 0.05) is 0 Å². The Morgan fingerprint density at radius 2 is 1.40 bits per heavy atom. The van der Waals surface area contributed by atoms with E-state index in [9.17, 15) is 4.09 Å². The summed E-state index contributed by atoms with van der Waals surface area (Å²) in [7, 11) is 0. The first-order valence-electron chi connectivity index (χ1n) is 1.76. The predicted molar refractivity (Wildman–Crippen MR) is 4.92 cm³/mol. The molecule has 6 nitrogen and oxygen atoms in total. The molecule has 0 N–H and O–H groups in total. The average Bonchev–Trinajstić information content (AvgIpc) is 1.93. The number of hydrogen-bond donors (Lipinski definition) is 0. The summed E-state index contributed by atoms with van der Waals surface area (Å²) >= 11 is -7.91. The molecule has 0 aromatic heterocycles. The second kappa shape index (κ2) is 19.2. The monoisotopic (exact) mass is 662 g/mol. The van der Waals surface area contributed by atoms with Gasteiger partial charge in [-0.25, -0.2) is 0 Å². The number of rotatable bonds is 4. The summed E-state index contributed by atoms with van der Waals surface area (Å²) in [6, 6.07) is 0. The molecule has 0 aliphatic rings. The van der Waals surface area contributed by atoms with Gasteiger partial charge in [-0.1, -0.05) is 0 Å². The average molecular weight is 666 g/mol. The van der Waals surface area contributed by atoms with Crippen LogP contribution in [0.15, 0.2) is 0 Å². The van der Waals surface area contributed by atoms with E-state index in [0.717, 1.165) is 0 Å². The molecule has 0 aliphatic heterocycles. The molecule has 10 heavy (non-hydrogen) atoms. The summed E-state index contributed by atoms with van der Waals surface area (Å²) in [5.41, 5.74) is 0. The van der Waals surface area contributed by atoms with Gasteiger partial charge in [-0.2, -0.15) is 0 Å². The fourth-order valence-corrected chi connectivity index (χ4v) is 2.18. The van der Waals surface area contributed by atoms with E-state index in [2.05, 4.69) is -5.33 Å². The van der Waals surface area contributed by atoms with Crippen LogP contribution < -0.4 is 0 Å². The van der Waals surface area contributed by atoms with Crippen LogP contribution in [-0.2, 0) is -1.24 Å². The molecule has 0 rings (SSSR count). The van der Waals surface area contributed by atoms with Crippen molar-refractivity contribution in [2.45, 2.75) is 0 Å². The zero-order chi connectivity index (χ0) is 8.24.